The molecule has 0 radical (unpaired) electrons. The van der Waals surface area contributed by atoms with Gasteiger partial charge in [0, 0.05) is 51.9 Å². The summed E-state index contributed by atoms with van der Waals surface area (Å²) >= 11 is 6.33. The third-order valence-corrected chi connectivity index (χ3v) is 6.81. The van der Waals surface area contributed by atoms with Crippen LogP contribution in [0.2, 0.25) is 5.02 Å². The number of benzene rings is 4. The van der Waals surface area contributed by atoms with Crippen molar-refractivity contribution in [3.63, 3.8) is 0 Å². The molecule has 0 fully saturated rings. The zero-order chi connectivity index (χ0) is 25.9. The van der Waals surface area contributed by atoms with Crippen LogP contribution in [-0.2, 0) is 6.54 Å². The maximum absolute atomic E-state index is 12.9. The molecule has 0 saturated heterocycles. The predicted octanol–water partition coefficient (Wildman–Crippen LogP) is 7.41. The second-order valence-electron chi connectivity index (χ2n) is 8.94. The molecule has 184 valence electrons. The van der Waals surface area contributed by atoms with Gasteiger partial charge in [0.2, 0.25) is 0 Å². The smallest absolute Gasteiger partial charge is 0.269 e. The second kappa shape index (κ2) is 10.3. The maximum atomic E-state index is 12.9. The van der Waals surface area contributed by atoms with E-state index in [-0.39, 0.29) is 17.6 Å². The zero-order valence-electron chi connectivity index (χ0n) is 20.1. The molecule has 1 aromatic heterocycles. The number of nitro groups is 1. The van der Waals surface area contributed by atoms with Crippen LogP contribution >= 0.6 is 11.6 Å². The van der Waals surface area contributed by atoms with Gasteiger partial charge in [0.1, 0.15) is 0 Å². The highest BCUT2D eigenvalue weighted by atomic mass is 35.5. The van der Waals surface area contributed by atoms with E-state index in [1.807, 2.05) is 61.7 Å². The SMILES string of the molecule is CC(NC(=O)c1ccc2c(ccn2Cc2ccc(-c3ccccc3Cl)cc2)c1)c1ccc([N+](=O)[O-])cc1. The molecule has 1 atom stereocenters. The van der Waals surface area contributed by atoms with Crippen molar-refractivity contribution in [2.75, 3.05) is 0 Å². The summed E-state index contributed by atoms with van der Waals surface area (Å²) in [5.41, 5.74) is 5.66. The predicted molar refractivity (Wildman–Crippen MR) is 147 cm³/mol. The Kier molecular flexibility index (Phi) is 6.75. The molecule has 7 heteroatoms. The van der Waals surface area contributed by atoms with Crippen molar-refractivity contribution in [3.05, 3.63) is 135 Å². The number of carbonyl (C=O) groups excluding carboxylic acids is 1. The van der Waals surface area contributed by atoms with Crippen LogP contribution in [0.1, 0.15) is 34.5 Å². The summed E-state index contributed by atoms with van der Waals surface area (Å²) in [5, 5.41) is 15.5. The summed E-state index contributed by atoms with van der Waals surface area (Å²) in [5.74, 6) is -0.198. The third kappa shape index (κ3) is 5.25. The van der Waals surface area contributed by atoms with Crippen LogP contribution in [0.25, 0.3) is 22.0 Å². The first-order valence-electron chi connectivity index (χ1n) is 11.9. The summed E-state index contributed by atoms with van der Waals surface area (Å²) < 4.78 is 2.15. The average molecular weight is 510 g/mol. The number of aromatic nitrogens is 1. The first-order chi connectivity index (χ1) is 17.9. The lowest BCUT2D eigenvalue weighted by atomic mass is 10.0. The topological polar surface area (TPSA) is 77.2 Å². The molecule has 0 bridgehead atoms. The Morgan fingerprint density at radius 3 is 2.41 bits per heavy atom. The van der Waals surface area contributed by atoms with Crippen LogP contribution in [0.15, 0.2) is 103 Å². The average Bonchev–Trinajstić information content (AvgIpc) is 3.31. The number of hydrogen-bond acceptors (Lipinski definition) is 3. The largest absolute Gasteiger partial charge is 0.346 e. The number of rotatable bonds is 7. The van der Waals surface area contributed by atoms with Crippen molar-refractivity contribution in [1.29, 1.82) is 0 Å². The standard InChI is InChI=1S/C30H24ClN3O3/c1-20(22-10-13-26(14-11-22)34(36)37)32-30(35)25-12-15-29-24(18-25)16-17-33(29)19-21-6-8-23(9-7-21)27-4-2-3-5-28(27)31/h2-18,20H,19H2,1H3,(H,32,35). The summed E-state index contributed by atoms with van der Waals surface area (Å²) in [7, 11) is 0. The molecule has 0 saturated carbocycles. The number of fused-ring (bicyclic) bond motifs is 1. The summed E-state index contributed by atoms with van der Waals surface area (Å²) in [4.78, 5) is 23.3. The van der Waals surface area contributed by atoms with E-state index in [1.165, 1.54) is 12.1 Å². The van der Waals surface area contributed by atoms with Gasteiger partial charge in [-0.2, -0.15) is 0 Å². The fourth-order valence-electron chi connectivity index (χ4n) is 4.41. The lowest BCUT2D eigenvalue weighted by molar-refractivity contribution is -0.384. The first kappa shape index (κ1) is 24.3. The molecular formula is C30H24ClN3O3. The van der Waals surface area contributed by atoms with E-state index in [0.29, 0.717) is 12.1 Å². The summed E-state index contributed by atoms with van der Waals surface area (Å²) in [6, 6.07) is 29.7. The zero-order valence-corrected chi connectivity index (χ0v) is 20.9. The van der Waals surface area contributed by atoms with E-state index in [2.05, 4.69) is 34.1 Å². The molecule has 0 spiro atoms. The van der Waals surface area contributed by atoms with Crippen LogP contribution in [0.3, 0.4) is 0 Å². The number of nitrogens with zero attached hydrogens (tertiary/aromatic N) is 2. The third-order valence-electron chi connectivity index (χ3n) is 6.48. The minimum absolute atomic E-state index is 0.0220. The fraction of sp³-hybridized carbons (Fsp3) is 0.100. The Morgan fingerprint density at radius 2 is 1.70 bits per heavy atom. The molecule has 4 aromatic carbocycles. The highest BCUT2D eigenvalue weighted by Gasteiger charge is 2.14. The Morgan fingerprint density at radius 1 is 0.973 bits per heavy atom. The Bertz CT molecular complexity index is 1590. The number of nitro benzene ring substituents is 1. The minimum Gasteiger partial charge on any atom is -0.346 e. The van der Waals surface area contributed by atoms with E-state index < -0.39 is 4.92 Å². The Labute approximate surface area is 219 Å². The molecule has 1 N–H and O–H groups in total. The Hall–Kier alpha value is -4.42. The number of halogens is 1. The molecule has 1 unspecified atom stereocenters. The quantitative estimate of drug-likeness (QED) is 0.183. The van der Waals surface area contributed by atoms with Gasteiger partial charge in [0.15, 0.2) is 0 Å². The molecule has 0 aliphatic carbocycles. The highest BCUT2D eigenvalue weighted by molar-refractivity contribution is 6.33. The number of nitrogens with one attached hydrogen (secondary N) is 1. The number of amides is 1. The van der Waals surface area contributed by atoms with Crippen LogP contribution in [0.4, 0.5) is 5.69 Å². The van der Waals surface area contributed by atoms with E-state index in [0.717, 1.165) is 38.2 Å². The van der Waals surface area contributed by atoms with Crippen molar-refractivity contribution < 1.29 is 9.72 Å². The van der Waals surface area contributed by atoms with Crippen LogP contribution < -0.4 is 5.32 Å². The van der Waals surface area contributed by atoms with Gasteiger partial charge in [-0.05, 0) is 53.9 Å². The molecule has 37 heavy (non-hydrogen) atoms. The normalized spacial score (nSPS) is 11.8. The maximum Gasteiger partial charge on any atom is 0.269 e. The summed E-state index contributed by atoms with van der Waals surface area (Å²) in [6.45, 7) is 2.56. The van der Waals surface area contributed by atoms with Gasteiger partial charge in [0.25, 0.3) is 11.6 Å². The van der Waals surface area contributed by atoms with E-state index in [1.54, 1.807) is 12.1 Å². The molecule has 5 aromatic rings. The van der Waals surface area contributed by atoms with Gasteiger partial charge in [0.05, 0.1) is 11.0 Å². The molecule has 1 amide bonds. The first-order valence-corrected chi connectivity index (χ1v) is 12.2. The molecule has 0 aliphatic heterocycles. The Balaban J connectivity index is 1.28. The highest BCUT2D eigenvalue weighted by Crippen LogP contribution is 2.28. The second-order valence-corrected chi connectivity index (χ2v) is 9.34. The van der Waals surface area contributed by atoms with Crippen LogP contribution in [0.5, 0.6) is 0 Å². The van der Waals surface area contributed by atoms with Crippen molar-refractivity contribution in [2.24, 2.45) is 0 Å². The van der Waals surface area contributed by atoms with Gasteiger partial charge >= 0.3 is 0 Å². The molecule has 1 heterocycles. The van der Waals surface area contributed by atoms with Gasteiger partial charge in [-0.25, -0.2) is 0 Å². The van der Waals surface area contributed by atoms with E-state index in [9.17, 15) is 14.9 Å². The minimum atomic E-state index is -0.440. The summed E-state index contributed by atoms with van der Waals surface area (Å²) in [6.07, 6.45) is 2.02. The van der Waals surface area contributed by atoms with Crippen molar-refractivity contribution in [3.8, 4) is 11.1 Å². The van der Waals surface area contributed by atoms with Gasteiger partial charge in [-0.15, -0.1) is 0 Å². The molecule has 6 nitrogen and oxygen atoms in total. The van der Waals surface area contributed by atoms with Gasteiger partial charge in [-0.1, -0.05) is 66.2 Å². The van der Waals surface area contributed by atoms with Crippen LogP contribution in [-0.4, -0.2) is 15.4 Å². The number of carbonyl (C=O) groups is 1. The van der Waals surface area contributed by atoms with Crippen molar-refractivity contribution >= 4 is 34.1 Å². The number of hydrogen-bond donors (Lipinski definition) is 1. The van der Waals surface area contributed by atoms with E-state index in [4.69, 9.17) is 11.6 Å². The fourth-order valence-corrected chi connectivity index (χ4v) is 4.65. The van der Waals surface area contributed by atoms with Gasteiger partial charge in [-0.3, -0.25) is 14.9 Å². The lowest BCUT2D eigenvalue weighted by Crippen LogP contribution is -2.26. The molecule has 5 rings (SSSR count). The van der Waals surface area contributed by atoms with Crippen molar-refractivity contribution in [1.82, 2.24) is 9.88 Å². The monoisotopic (exact) mass is 509 g/mol. The van der Waals surface area contributed by atoms with Gasteiger partial charge < -0.3 is 9.88 Å². The van der Waals surface area contributed by atoms with E-state index >= 15 is 0 Å². The van der Waals surface area contributed by atoms with Crippen LogP contribution in [0, 0.1) is 10.1 Å². The number of non-ortho nitro benzene ring substituents is 1. The van der Waals surface area contributed by atoms with Crippen molar-refractivity contribution in [2.45, 2.75) is 19.5 Å². The molecular weight excluding hydrogens is 486 g/mol. The molecule has 0 aliphatic rings. The lowest BCUT2D eigenvalue weighted by Gasteiger charge is -2.14.